The summed E-state index contributed by atoms with van der Waals surface area (Å²) in [5.74, 6) is 0.646. The molecule has 0 bridgehead atoms. The predicted molar refractivity (Wildman–Crippen MR) is 38.7 cm³/mol. The van der Waals surface area contributed by atoms with E-state index in [1.54, 1.807) is 25.4 Å². The van der Waals surface area contributed by atoms with Gasteiger partial charge in [-0.1, -0.05) is 0 Å². The SMILES string of the molecule is CC1Oc2cnccc2C1=O. The van der Waals surface area contributed by atoms with Crippen molar-refractivity contribution in [1.29, 1.82) is 0 Å². The van der Waals surface area contributed by atoms with Gasteiger partial charge in [0, 0.05) is 6.20 Å². The monoisotopic (exact) mass is 149 g/mol. The number of carbonyl (C=O) groups excluding carboxylic acids is 1. The van der Waals surface area contributed by atoms with Crippen LogP contribution < -0.4 is 4.74 Å². The fourth-order valence-electron chi connectivity index (χ4n) is 1.14. The standard InChI is InChI=1S/C8H7NO2/c1-5-8(10)6-2-3-9-4-7(6)11-5/h2-5H,1H3. The maximum absolute atomic E-state index is 11.2. The molecular formula is C8H7NO2. The summed E-state index contributed by atoms with van der Waals surface area (Å²) in [6, 6.07) is 1.68. The van der Waals surface area contributed by atoms with E-state index in [1.165, 1.54) is 0 Å². The molecule has 3 heteroatoms. The van der Waals surface area contributed by atoms with Gasteiger partial charge in [0.15, 0.2) is 6.10 Å². The molecule has 11 heavy (non-hydrogen) atoms. The Balaban J connectivity index is 2.55. The van der Waals surface area contributed by atoms with Gasteiger partial charge in [-0.15, -0.1) is 0 Å². The van der Waals surface area contributed by atoms with Crippen LogP contribution in [0.3, 0.4) is 0 Å². The lowest BCUT2D eigenvalue weighted by atomic mass is 10.1. The number of pyridine rings is 1. The van der Waals surface area contributed by atoms with Crippen molar-refractivity contribution in [2.45, 2.75) is 13.0 Å². The highest BCUT2D eigenvalue weighted by Gasteiger charge is 2.27. The van der Waals surface area contributed by atoms with Gasteiger partial charge in [0.05, 0.1) is 11.8 Å². The van der Waals surface area contributed by atoms with Crippen LogP contribution in [0.25, 0.3) is 0 Å². The van der Waals surface area contributed by atoms with Gasteiger partial charge in [0.25, 0.3) is 0 Å². The molecule has 0 fully saturated rings. The van der Waals surface area contributed by atoms with Gasteiger partial charge in [0.1, 0.15) is 5.75 Å². The van der Waals surface area contributed by atoms with Crippen molar-refractivity contribution in [3.05, 3.63) is 24.0 Å². The molecule has 0 N–H and O–H groups in total. The van der Waals surface area contributed by atoms with Crippen LogP contribution in [-0.4, -0.2) is 16.9 Å². The summed E-state index contributed by atoms with van der Waals surface area (Å²) in [5.41, 5.74) is 0.646. The molecule has 0 saturated heterocycles. The number of ether oxygens (including phenoxy) is 1. The largest absolute Gasteiger partial charge is 0.480 e. The molecule has 1 aromatic heterocycles. The number of ketones is 1. The van der Waals surface area contributed by atoms with Gasteiger partial charge in [-0.3, -0.25) is 9.78 Å². The smallest absolute Gasteiger partial charge is 0.206 e. The minimum atomic E-state index is -0.339. The summed E-state index contributed by atoms with van der Waals surface area (Å²) in [4.78, 5) is 15.1. The maximum atomic E-state index is 11.2. The first kappa shape index (κ1) is 6.34. The first-order valence-corrected chi connectivity index (χ1v) is 3.44. The zero-order chi connectivity index (χ0) is 7.84. The van der Waals surface area contributed by atoms with E-state index in [0.717, 1.165) is 0 Å². The third-order valence-corrected chi connectivity index (χ3v) is 1.72. The zero-order valence-electron chi connectivity index (χ0n) is 6.07. The van der Waals surface area contributed by atoms with E-state index >= 15 is 0 Å². The first-order valence-electron chi connectivity index (χ1n) is 3.44. The number of rotatable bonds is 0. The Kier molecular flexibility index (Phi) is 1.18. The van der Waals surface area contributed by atoms with Crippen LogP contribution in [0.4, 0.5) is 0 Å². The highest BCUT2D eigenvalue weighted by atomic mass is 16.5. The summed E-state index contributed by atoms with van der Waals surface area (Å²) in [6.45, 7) is 1.74. The maximum Gasteiger partial charge on any atom is 0.206 e. The quantitative estimate of drug-likeness (QED) is 0.553. The Hall–Kier alpha value is -1.38. The second kappa shape index (κ2) is 2.05. The molecule has 0 amide bonds. The molecule has 1 aliphatic rings. The van der Waals surface area contributed by atoms with Gasteiger partial charge in [0.2, 0.25) is 5.78 Å². The molecule has 1 atom stereocenters. The minimum Gasteiger partial charge on any atom is -0.480 e. The van der Waals surface area contributed by atoms with E-state index in [4.69, 9.17) is 4.74 Å². The molecule has 2 rings (SSSR count). The Morgan fingerprint density at radius 3 is 3.18 bits per heavy atom. The average Bonchev–Trinajstić information content (AvgIpc) is 2.30. The molecule has 56 valence electrons. The average molecular weight is 149 g/mol. The normalized spacial score (nSPS) is 21.2. The molecule has 2 heterocycles. The van der Waals surface area contributed by atoms with Gasteiger partial charge < -0.3 is 4.74 Å². The number of carbonyl (C=O) groups is 1. The summed E-state index contributed by atoms with van der Waals surface area (Å²) in [6.07, 6.45) is 2.82. The first-order chi connectivity index (χ1) is 5.29. The van der Waals surface area contributed by atoms with E-state index in [-0.39, 0.29) is 11.9 Å². The van der Waals surface area contributed by atoms with Crippen LogP contribution in [0, 0.1) is 0 Å². The molecule has 1 aromatic rings. The van der Waals surface area contributed by atoms with Crippen molar-refractivity contribution in [2.75, 3.05) is 0 Å². The van der Waals surface area contributed by atoms with Crippen LogP contribution in [0.5, 0.6) is 5.75 Å². The second-order valence-corrected chi connectivity index (χ2v) is 2.50. The Morgan fingerprint density at radius 2 is 2.45 bits per heavy atom. The number of nitrogens with zero attached hydrogens (tertiary/aromatic N) is 1. The van der Waals surface area contributed by atoms with Crippen molar-refractivity contribution in [2.24, 2.45) is 0 Å². The van der Waals surface area contributed by atoms with Crippen molar-refractivity contribution in [1.82, 2.24) is 4.98 Å². The molecule has 3 nitrogen and oxygen atoms in total. The summed E-state index contributed by atoms with van der Waals surface area (Å²) in [5, 5.41) is 0. The molecule has 0 radical (unpaired) electrons. The lowest BCUT2D eigenvalue weighted by Gasteiger charge is -1.98. The van der Waals surface area contributed by atoms with E-state index < -0.39 is 0 Å². The van der Waals surface area contributed by atoms with E-state index in [2.05, 4.69) is 4.98 Å². The van der Waals surface area contributed by atoms with Crippen molar-refractivity contribution >= 4 is 5.78 Å². The molecular weight excluding hydrogens is 142 g/mol. The van der Waals surface area contributed by atoms with Crippen LogP contribution in [0.2, 0.25) is 0 Å². The Labute approximate surface area is 64.0 Å². The van der Waals surface area contributed by atoms with Crippen LogP contribution >= 0.6 is 0 Å². The number of Topliss-reactive ketones (excluding diaryl/α,β-unsaturated/α-hetero) is 1. The molecule has 0 spiro atoms. The third-order valence-electron chi connectivity index (χ3n) is 1.72. The van der Waals surface area contributed by atoms with Crippen LogP contribution in [-0.2, 0) is 0 Å². The molecule has 1 unspecified atom stereocenters. The third kappa shape index (κ3) is 0.808. The van der Waals surface area contributed by atoms with E-state index in [9.17, 15) is 4.79 Å². The van der Waals surface area contributed by atoms with Crippen molar-refractivity contribution in [3.63, 3.8) is 0 Å². The fraction of sp³-hybridized carbons (Fsp3) is 0.250. The highest BCUT2D eigenvalue weighted by molar-refractivity contribution is 6.04. The van der Waals surface area contributed by atoms with Crippen LogP contribution in [0.1, 0.15) is 17.3 Å². The molecule has 0 saturated carbocycles. The summed E-state index contributed by atoms with van der Waals surface area (Å²) >= 11 is 0. The highest BCUT2D eigenvalue weighted by Crippen LogP contribution is 2.26. The van der Waals surface area contributed by atoms with Gasteiger partial charge in [-0.2, -0.15) is 0 Å². The number of hydrogen-bond acceptors (Lipinski definition) is 3. The van der Waals surface area contributed by atoms with E-state index in [0.29, 0.717) is 11.3 Å². The lowest BCUT2D eigenvalue weighted by Crippen LogP contribution is -2.14. The number of hydrogen-bond donors (Lipinski definition) is 0. The molecule has 0 aliphatic carbocycles. The van der Waals surface area contributed by atoms with Crippen molar-refractivity contribution < 1.29 is 9.53 Å². The molecule has 0 aromatic carbocycles. The Morgan fingerprint density at radius 1 is 1.64 bits per heavy atom. The molecule has 1 aliphatic heterocycles. The zero-order valence-corrected chi connectivity index (χ0v) is 6.07. The van der Waals surface area contributed by atoms with Crippen LogP contribution in [0.15, 0.2) is 18.5 Å². The topological polar surface area (TPSA) is 39.2 Å². The summed E-state index contributed by atoms with van der Waals surface area (Å²) in [7, 11) is 0. The van der Waals surface area contributed by atoms with E-state index in [1.807, 2.05) is 0 Å². The lowest BCUT2D eigenvalue weighted by molar-refractivity contribution is 0.0878. The number of aromatic nitrogens is 1. The predicted octanol–water partition coefficient (Wildman–Crippen LogP) is 1.05. The van der Waals surface area contributed by atoms with Crippen molar-refractivity contribution in [3.8, 4) is 5.75 Å². The number of fused-ring (bicyclic) bond motifs is 1. The Bertz CT molecular complexity index is 309. The van der Waals surface area contributed by atoms with Gasteiger partial charge >= 0.3 is 0 Å². The summed E-state index contributed by atoms with van der Waals surface area (Å²) < 4.78 is 5.21. The van der Waals surface area contributed by atoms with Gasteiger partial charge in [-0.05, 0) is 13.0 Å². The minimum absolute atomic E-state index is 0.0439. The van der Waals surface area contributed by atoms with Gasteiger partial charge in [-0.25, -0.2) is 0 Å². The fourth-order valence-corrected chi connectivity index (χ4v) is 1.14. The second-order valence-electron chi connectivity index (χ2n) is 2.50.